The van der Waals surface area contributed by atoms with Crippen molar-refractivity contribution in [1.29, 1.82) is 0 Å². The van der Waals surface area contributed by atoms with Crippen LogP contribution in [-0.4, -0.2) is 93.7 Å². The second kappa shape index (κ2) is 18.1. The average Bonchev–Trinajstić information content (AvgIpc) is 2.83. The number of hydrogen-bond donors (Lipinski definition) is 9. The number of aliphatic carboxylic acids is 2. The quantitative estimate of drug-likeness (QED) is 0.0763. The Labute approximate surface area is 227 Å². The molecule has 0 fully saturated rings. The molecule has 224 valence electrons. The zero-order valence-corrected chi connectivity index (χ0v) is 22.9. The molecule has 0 aliphatic carbocycles. The molecule has 15 nitrogen and oxygen atoms in total. The molecule has 0 aliphatic rings. The van der Waals surface area contributed by atoms with Gasteiger partial charge in [-0.1, -0.05) is 20.3 Å². The molecule has 0 aromatic carbocycles. The molecule has 0 saturated heterocycles. The molecule has 0 aromatic heterocycles. The van der Waals surface area contributed by atoms with Crippen molar-refractivity contribution >= 4 is 35.6 Å². The number of aliphatic hydroxyl groups is 1. The molecular formula is C24H44N6O9. The zero-order valence-electron chi connectivity index (χ0n) is 22.9. The highest BCUT2D eigenvalue weighted by Gasteiger charge is 2.32. The molecule has 15 heteroatoms. The minimum Gasteiger partial charge on any atom is -0.481 e. The first-order chi connectivity index (χ1) is 18.1. The third-order valence-corrected chi connectivity index (χ3v) is 5.72. The number of unbranched alkanes of at least 4 members (excludes halogenated alkanes) is 1. The lowest BCUT2D eigenvalue weighted by atomic mass is 10.0. The summed E-state index contributed by atoms with van der Waals surface area (Å²) in [6.07, 6.45) is -0.621. The van der Waals surface area contributed by atoms with Crippen molar-refractivity contribution in [3.8, 4) is 0 Å². The third-order valence-electron chi connectivity index (χ3n) is 5.72. The first-order valence-corrected chi connectivity index (χ1v) is 12.9. The predicted octanol–water partition coefficient (Wildman–Crippen LogP) is -2.22. The maximum atomic E-state index is 12.9. The van der Waals surface area contributed by atoms with Crippen LogP contribution in [0.3, 0.4) is 0 Å². The molecule has 0 saturated carbocycles. The molecule has 0 aromatic rings. The van der Waals surface area contributed by atoms with Gasteiger partial charge in [0, 0.05) is 6.42 Å². The van der Waals surface area contributed by atoms with E-state index >= 15 is 0 Å². The summed E-state index contributed by atoms with van der Waals surface area (Å²) in [6.45, 7) is 6.51. The number of carboxylic acid groups (broad SMARTS) is 2. The van der Waals surface area contributed by atoms with Gasteiger partial charge in [-0.05, 0) is 52.0 Å². The van der Waals surface area contributed by atoms with Gasteiger partial charge in [0.1, 0.15) is 24.2 Å². The monoisotopic (exact) mass is 560 g/mol. The summed E-state index contributed by atoms with van der Waals surface area (Å²) in [5.41, 5.74) is 11.2. The van der Waals surface area contributed by atoms with Crippen LogP contribution in [0.2, 0.25) is 0 Å². The van der Waals surface area contributed by atoms with Gasteiger partial charge < -0.3 is 48.1 Å². The first kappa shape index (κ1) is 35.7. The van der Waals surface area contributed by atoms with Crippen LogP contribution >= 0.6 is 0 Å². The number of nitrogens with one attached hydrogen (secondary N) is 4. The Hall–Kier alpha value is -3.30. The lowest BCUT2D eigenvalue weighted by Gasteiger charge is -2.26. The molecule has 0 heterocycles. The van der Waals surface area contributed by atoms with Crippen LogP contribution < -0.4 is 32.7 Å². The van der Waals surface area contributed by atoms with Crippen molar-refractivity contribution in [2.75, 3.05) is 6.54 Å². The summed E-state index contributed by atoms with van der Waals surface area (Å²) >= 11 is 0. The van der Waals surface area contributed by atoms with Gasteiger partial charge in [0.2, 0.25) is 23.6 Å². The molecule has 0 unspecified atom stereocenters. The van der Waals surface area contributed by atoms with Crippen molar-refractivity contribution in [3.63, 3.8) is 0 Å². The molecule has 39 heavy (non-hydrogen) atoms. The molecule has 11 N–H and O–H groups in total. The normalized spacial score (nSPS) is 15.7. The molecule has 6 atom stereocenters. The number of hydrogen-bond acceptors (Lipinski definition) is 9. The van der Waals surface area contributed by atoms with Gasteiger partial charge in [0.15, 0.2) is 0 Å². The van der Waals surface area contributed by atoms with E-state index in [-0.39, 0.29) is 18.8 Å². The van der Waals surface area contributed by atoms with Gasteiger partial charge in [0.25, 0.3) is 0 Å². The van der Waals surface area contributed by atoms with Gasteiger partial charge in [-0.25, -0.2) is 4.79 Å². The largest absolute Gasteiger partial charge is 0.481 e. The van der Waals surface area contributed by atoms with Crippen molar-refractivity contribution in [2.24, 2.45) is 17.4 Å². The van der Waals surface area contributed by atoms with E-state index in [1.165, 1.54) is 13.8 Å². The van der Waals surface area contributed by atoms with E-state index in [1.807, 2.05) is 0 Å². The van der Waals surface area contributed by atoms with Crippen LogP contribution in [0.4, 0.5) is 0 Å². The minimum absolute atomic E-state index is 0.0326. The summed E-state index contributed by atoms with van der Waals surface area (Å²) in [5.74, 6) is -5.93. The Morgan fingerprint density at radius 1 is 0.744 bits per heavy atom. The second-order valence-electron chi connectivity index (χ2n) is 9.87. The smallest absolute Gasteiger partial charge is 0.326 e. The fourth-order valence-electron chi connectivity index (χ4n) is 3.47. The van der Waals surface area contributed by atoms with Crippen LogP contribution in [0, 0.1) is 5.92 Å². The highest BCUT2D eigenvalue weighted by molar-refractivity contribution is 5.95. The zero-order chi connectivity index (χ0) is 30.3. The van der Waals surface area contributed by atoms with Crippen molar-refractivity contribution in [1.82, 2.24) is 21.3 Å². The maximum Gasteiger partial charge on any atom is 0.326 e. The first-order valence-electron chi connectivity index (χ1n) is 12.9. The van der Waals surface area contributed by atoms with Gasteiger partial charge in [-0.3, -0.25) is 24.0 Å². The Balaban J connectivity index is 5.46. The van der Waals surface area contributed by atoms with E-state index in [0.717, 1.165) is 0 Å². The molecule has 4 amide bonds. The van der Waals surface area contributed by atoms with E-state index in [0.29, 0.717) is 25.8 Å². The van der Waals surface area contributed by atoms with E-state index in [9.17, 15) is 39.0 Å². The standard InChI is InChI=1S/C24H44N6O9/c1-12(2)11-17(24(38)39)29-20(34)13(3)27-22(36)16(8-9-18(32)33)28-23(37)19(14(4)31)30-21(35)15(26)7-5-6-10-25/h12-17,19,31H,5-11,25-26H2,1-4H3,(H,27,36)(H,28,37)(H,29,34)(H,30,35)(H,32,33)(H,38,39)/t13-,14+,15-,16-,17+,19-/m1/s1. The Morgan fingerprint density at radius 2 is 1.33 bits per heavy atom. The van der Waals surface area contributed by atoms with E-state index in [1.54, 1.807) is 13.8 Å². The number of amides is 4. The molecule has 0 radical (unpaired) electrons. The van der Waals surface area contributed by atoms with Gasteiger partial charge in [0.05, 0.1) is 12.1 Å². The van der Waals surface area contributed by atoms with Gasteiger partial charge >= 0.3 is 11.9 Å². The Bertz CT molecular complexity index is 852. The molecule has 0 bridgehead atoms. The molecule has 0 aliphatic heterocycles. The summed E-state index contributed by atoms with van der Waals surface area (Å²) in [5, 5.41) is 37.8. The fourth-order valence-corrected chi connectivity index (χ4v) is 3.47. The van der Waals surface area contributed by atoms with Crippen molar-refractivity contribution in [2.45, 2.75) is 103 Å². The summed E-state index contributed by atoms with van der Waals surface area (Å²) < 4.78 is 0. The SMILES string of the molecule is CC(C)C[C@H](NC(=O)[C@@H](C)NC(=O)[C@@H](CCC(=O)O)NC(=O)[C@H](NC(=O)[C@H](N)CCCCN)[C@H](C)O)C(=O)O. The predicted molar refractivity (Wildman–Crippen MR) is 140 cm³/mol. The lowest BCUT2D eigenvalue weighted by molar-refractivity contribution is -0.142. The number of nitrogens with two attached hydrogens (primary N) is 2. The second-order valence-corrected chi connectivity index (χ2v) is 9.87. The van der Waals surface area contributed by atoms with Gasteiger partial charge in [-0.15, -0.1) is 0 Å². The van der Waals surface area contributed by atoms with Crippen LogP contribution in [0.5, 0.6) is 0 Å². The molecule has 0 spiro atoms. The van der Waals surface area contributed by atoms with Gasteiger partial charge in [-0.2, -0.15) is 0 Å². The molecular weight excluding hydrogens is 516 g/mol. The van der Waals surface area contributed by atoms with Crippen LogP contribution in [0.25, 0.3) is 0 Å². The average molecular weight is 561 g/mol. The van der Waals surface area contributed by atoms with Crippen molar-refractivity contribution in [3.05, 3.63) is 0 Å². The minimum atomic E-state index is -1.51. The highest BCUT2D eigenvalue weighted by Crippen LogP contribution is 2.07. The van der Waals surface area contributed by atoms with E-state index in [2.05, 4.69) is 21.3 Å². The van der Waals surface area contributed by atoms with Crippen LogP contribution in [-0.2, 0) is 28.8 Å². The van der Waals surface area contributed by atoms with E-state index in [4.69, 9.17) is 16.6 Å². The summed E-state index contributed by atoms with van der Waals surface area (Å²) in [6, 6.07) is -6.34. The Kier molecular flexibility index (Phi) is 16.5. The van der Waals surface area contributed by atoms with Crippen molar-refractivity contribution < 1.29 is 44.1 Å². The lowest BCUT2D eigenvalue weighted by Crippen LogP contribution is -2.60. The topological polar surface area (TPSA) is 263 Å². The fraction of sp³-hybridized carbons (Fsp3) is 0.750. The summed E-state index contributed by atoms with van der Waals surface area (Å²) in [7, 11) is 0. The van der Waals surface area contributed by atoms with Crippen LogP contribution in [0.1, 0.15) is 66.2 Å². The number of rotatable bonds is 19. The van der Waals surface area contributed by atoms with E-state index < -0.39 is 78.3 Å². The van der Waals surface area contributed by atoms with Crippen LogP contribution in [0.15, 0.2) is 0 Å². The highest BCUT2D eigenvalue weighted by atomic mass is 16.4. The number of aliphatic hydroxyl groups excluding tert-OH is 1. The summed E-state index contributed by atoms with van der Waals surface area (Å²) in [4.78, 5) is 73.2. The number of carbonyl (C=O) groups is 6. The molecule has 0 rings (SSSR count). The Morgan fingerprint density at radius 3 is 1.82 bits per heavy atom. The maximum absolute atomic E-state index is 12.9. The number of carboxylic acids is 2. The third kappa shape index (κ3) is 14.4. The number of carbonyl (C=O) groups excluding carboxylic acids is 4.